The molecule has 14 heteroatoms. The number of rotatable bonds is 17. The first kappa shape index (κ1) is 74.4. The van der Waals surface area contributed by atoms with Gasteiger partial charge in [-0.25, -0.2) is 0 Å². The first-order valence-corrected chi connectivity index (χ1v) is 39.9. The highest BCUT2D eigenvalue weighted by Crippen LogP contribution is 2.41. The molecule has 0 amide bonds. The number of benzene rings is 8. The summed E-state index contributed by atoms with van der Waals surface area (Å²) < 4.78 is 10.1. The summed E-state index contributed by atoms with van der Waals surface area (Å²) in [5, 5.41) is 30.5. The van der Waals surface area contributed by atoms with E-state index >= 15 is 0 Å². The summed E-state index contributed by atoms with van der Waals surface area (Å²) >= 11 is 14.4. The van der Waals surface area contributed by atoms with Crippen molar-refractivity contribution in [2.45, 2.75) is 180 Å². The van der Waals surface area contributed by atoms with Crippen LogP contribution >= 0.6 is 63.7 Å². The number of aliphatic hydroxyl groups is 1. The number of nitrogens with one attached hydrogen (secondary N) is 8. The third kappa shape index (κ3) is 17.6. The maximum Gasteiger partial charge on any atom is 0.0871 e. The second-order valence-corrected chi connectivity index (χ2v) is 33.4. The fourth-order valence-electron chi connectivity index (χ4n) is 15.5. The van der Waals surface area contributed by atoms with E-state index < -0.39 is 5.60 Å². The first-order chi connectivity index (χ1) is 49.6. The lowest BCUT2D eigenvalue weighted by molar-refractivity contribution is 0.0192. The van der Waals surface area contributed by atoms with Gasteiger partial charge in [0.2, 0.25) is 0 Å². The molecule has 4 aliphatic rings. The summed E-state index contributed by atoms with van der Waals surface area (Å²) in [6, 6.07) is 62.0. The Morgan fingerprint density at radius 3 is 0.893 bits per heavy atom. The second kappa shape index (κ2) is 32.8. The third-order valence-electron chi connectivity index (χ3n) is 21.6. The molecule has 0 unspecified atom stereocenters. The minimum absolute atomic E-state index is 0.247. The average molecular weight is 1630 g/mol. The quantitative estimate of drug-likeness (QED) is 0.0445. The Labute approximate surface area is 642 Å². The Balaban J connectivity index is 0.000000122. The highest BCUT2D eigenvalue weighted by atomic mass is 79.9. The molecule has 0 aliphatic heterocycles. The highest BCUT2D eigenvalue weighted by Gasteiger charge is 2.29. The lowest BCUT2D eigenvalue weighted by Crippen LogP contribution is -2.25. The van der Waals surface area contributed by atoms with Crippen molar-refractivity contribution in [1.82, 2.24) is 41.2 Å². The van der Waals surface area contributed by atoms with Crippen LogP contribution in [0, 0.1) is 0 Å². The molecule has 4 aromatic heterocycles. The van der Waals surface area contributed by atoms with Crippen LogP contribution in [-0.4, -0.2) is 32.2 Å². The van der Waals surface area contributed by atoms with Gasteiger partial charge in [0.1, 0.15) is 0 Å². The molecule has 4 heterocycles. The van der Waals surface area contributed by atoms with Crippen molar-refractivity contribution in [2.75, 3.05) is 7.11 Å². The van der Waals surface area contributed by atoms with Crippen molar-refractivity contribution in [2.24, 2.45) is 0 Å². The van der Waals surface area contributed by atoms with E-state index in [-0.39, 0.29) is 5.60 Å². The molecule has 9 N–H and O–H groups in total. The summed E-state index contributed by atoms with van der Waals surface area (Å²) in [4.78, 5) is 14.6. The Kier molecular flexibility index (Phi) is 23.7. The van der Waals surface area contributed by atoms with Gasteiger partial charge in [0.15, 0.2) is 0 Å². The summed E-state index contributed by atoms with van der Waals surface area (Å²) in [5.41, 5.74) is 27.3. The van der Waals surface area contributed by atoms with E-state index in [4.69, 9.17) is 4.74 Å². The van der Waals surface area contributed by atoms with Gasteiger partial charge in [-0.3, -0.25) is 0 Å². The van der Waals surface area contributed by atoms with Crippen LogP contribution in [0.3, 0.4) is 0 Å². The SMILES string of the molecule is C=C(C)c1ccc(CN[C@@H]2CCCc3c2[nH]c2ccc(Br)cc32)cc1.C=C(C)c1ccc(CN[C@@H]2CCCc3c2[nH]c2ccc(Br)cc32)cc1.CC(C)(O)c1ccc(CN[C@@H]2CCCc3c2[nH]c2ccc(Br)cc32)cc1.COC(C)(C)c1ccc(CN[C@@H]2CCCc3c2[nH]c2ccc(Br)cc32)cc1. The number of aromatic nitrogens is 4. The van der Waals surface area contributed by atoms with Gasteiger partial charge in [-0.15, -0.1) is 0 Å². The first-order valence-electron chi connectivity index (χ1n) is 36.7. The molecule has 4 atom stereocenters. The maximum atomic E-state index is 10.1. The van der Waals surface area contributed by atoms with Crippen LogP contribution in [0.5, 0.6) is 0 Å². The fourth-order valence-corrected chi connectivity index (χ4v) is 17.0. The molecule has 0 saturated heterocycles. The number of halogens is 4. The van der Waals surface area contributed by atoms with Gasteiger partial charge in [-0.1, -0.05) is 185 Å². The lowest BCUT2D eigenvalue weighted by Gasteiger charge is -2.25. The van der Waals surface area contributed by atoms with E-state index in [9.17, 15) is 5.11 Å². The standard InChI is InChI=1S/C23H27BrN2O.C22H25BrN2O.2C22H23BrN2/c1-23(2,27-3)16-9-7-15(8-10-16)14-25-21-6-4-5-18-19-13-17(24)11-12-20(19)26-22(18)21;1-22(2,26)15-8-6-14(7-9-15)13-24-20-5-3-4-17-18-12-16(23)10-11-19(18)25-21(17)20;2*1-14(2)16-8-6-15(7-9-16)13-24-21-5-3-4-18-19-12-17(23)10-11-20(19)25-22(18)21/h7-13,21,25-26H,4-6,14H2,1-3H3;6-12,20,24-26H,3-5,13H2,1-2H3;2*6-12,21,24-25H,1,3-5,13H2,2H3/t21-;20-;2*21-/m1111/s1. The zero-order valence-electron chi connectivity index (χ0n) is 60.6. The van der Waals surface area contributed by atoms with Gasteiger partial charge in [-0.2, -0.15) is 0 Å². The van der Waals surface area contributed by atoms with E-state index in [2.05, 4.69) is 290 Å². The largest absolute Gasteiger partial charge is 0.386 e. The molecular formula is C89H98Br4N8O2. The molecule has 16 rings (SSSR count). The number of hydrogen-bond donors (Lipinski definition) is 9. The molecule has 12 aromatic rings. The number of H-pyrrole nitrogens is 4. The van der Waals surface area contributed by atoms with E-state index in [1.165, 1.54) is 173 Å². The summed E-state index contributed by atoms with van der Waals surface area (Å²) in [5.74, 6) is 0. The van der Waals surface area contributed by atoms with E-state index in [0.29, 0.717) is 24.2 Å². The second-order valence-electron chi connectivity index (χ2n) is 29.8. The number of aromatic amines is 4. The van der Waals surface area contributed by atoms with Crippen molar-refractivity contribution in [3.8, 4) is 0 Å². The number of methoxy groups -OCH3 is 1. The highest BCUT2D eigenvalue weighted by molar-refractivity contribution is 9.11. The van der Waals surface area contributed by atoms with Crippen LogP contribution in [0.25, 0.3) is 54.8 Å². The average Bonchev–Trinajstić information content (AvgIpc) is 1.64. The van der Waals surface area contributed by atoms with Crippen molar-refractivity contribution >= 4 is 118 Å². The lowest BCUT2D eigenvalue weighted by atomic mass is 9.91. The Bertz CT molecular complexity index is 4800. The van der Waals surface area contributed by atoms with Crippen LogP contribution in [-0.2, 0) is 67.8 Å². The summed E-state index contributed by atoms with van der Waals surface area (Å²) in [6.45, 7) is 23.4. The molecular weight excluding hydrogens is 1530 g/mol. The summed E-state index contributed by atoms with van der Waals surface area (Å²) in [6.07, 6.45) is 14.2. The Morgan fingerprint density at radius 2 is 0.650 bits per heavy atom. The van der Waals surface area contributed by atoms with Crippen LogP contribution in [0.15, 0.2) is 201 Å². The predicted molar refractivity (Wildman–Crippen MR) is 445 cm³/mol. The topological polar surface area (TPSA) is 141 Å². The molecule has 0 bridgehead atoms. The number of hydrogen-bond acceptors (Lipinski definition) is 6. The summed E-state index contributed by atoms with van der Waals surface area (Å²) in [7, 11) is 1.76. The number of allylic oxidation sites excluding steroid dienone is 2. The Morgan fingerprint density at radius 1 is 0.398 bits per heavy atom. The third-order valence-corrected chi connectivity index (χ3v) is 23.6. The van der Waals surface area contributed by atoms with Gasteiger partial charge < -0.3 is 51.0 Å². The van der Waals surface area contributed by atoms with Crippen molar-refractivity contribution < 1.29 is 9.84 Å². The molecule has 0 spiro atoms. The zero-order valence-corrected chi connectivity index (χ0v) is 66.9. The van der Waals surface area contributed by atoms with Gasteiger partial charge in [0.05, 0.1) is 11.2 Å². The molecule has 103 heavy (non-hydrogen) atoms. The fraction of sp³-hybridized carbons (Fsp3) is 0.326. The van der Waals surface area contributed by atoms with Gasteiger partial charge in [0.25, 0.3) is 0 Å². The van der Waals surface area contributed by atoms with E-state index in [1.807, 2.05) is 39.8 Å². The normalized spacial score (nSPS) is 17.1. The van der Waals surface area contributed by atoms with E-state index in [0.717, 1.165) is 92.9 Å². The molecule has 10 nitrogen and oxygen atoms in total. The minimum Gasteiger partial charge on any atom is -0.386 e. The molecule has 8 aromatic carbocycles. The smallest absolute Gasteiger partial charge is 0.0871 e. The van der Waals surface area contributed by atoms with Crippen LogP contribution in [0.2, 0.25) is 0 Å². The molecule has 4 aliphatic carbocycles. The van der Waals surface area contributed by atoms with Gasteiger partial charge in [0, 0.05) is 142 Å². The molecule has 534 valence electrons. The van der Waals surface area contributed by atoms with Crippen LogP contribution < -0.4 is 21.3 Å². The van der Waals surface area contributed by atoms with E-state index in [1.54, 1.807) is 7.11 Å². The van der Waals surface area contributed by atoms with Crippen molar-refractivity contribution in [3.05, 3.63) is 290 Å². The number of aryl methyl sites for hydroxylation is 4. The predicted octanol–water partition coefficient (Wildman–Crippen LogP) is 23.6. The molecule has 0 saturated carbocycles. The van der Waals surface area contributed by atoms with Crippen molar-refractivity contribution in [1.29, 1.82) is 0 Å². The maximum absolute atomic E-state index is 10.1. The number of ether oxygens (including phenoxy) is 1. The van der Waals surface area contributed by atoms with Gasteiger partial charge >= 0.3 is 0 Å². The minimum atomic E-state index is -0.789. The van der Waals surface area contributed by atoms with Gasteiger partial charge in [-0.05, 0) is 258 Å². The molecule has 0 fully saturated rings. The monoisotopic (exact) mass is 1630 g/mol. The van der Waals surface area contributed by atoms with Crippen LogP contribution in [0.4, 0.5) is 0 Å². The van der Waals surface area contributed by atoms with Crippen LogP contribution in [0.1, 0.15) is 207 Å². The Hall–Kier alpha value is -6.92. The molecule has 0 radical (unpaired) electrons. The number of fused-ring (bicyclic) bond motifs is 12. The zero-order chi connectivity index (χ0) is 72.1. The van der Waals surface area contributed by atoms with Crippen molar-refractivity contribution in [3.63, 3.8) is 0 Å².